The minimum Gasteiger partial charge on any atom is -0.392 e. The van der Waals surface area contributed by atoms with E-state index in [1.54, 1.807) is 11.3 Å². The molecule has 1 aromatic heterocycles. The summed E-state index contributed by atoms with van der Waals surface area (Å²) in [6.07, 6.45) is -0.0173. The fourth-order valence-electron chi connectivity index (χ4n) is 2.35. The van der Waals surface area contributed by atoms with Crippen LogP contribution in [0.15, 0.2) is 52.5 Å². The summed E-state index contributed by atoms with van der Waals surface area (Å²) >= 11 is 8.40. The van der Waals surface area contributed by atoms with Gasteiger partial charge in [-0.3, -0.25) is 9.93 Å². The van der Waals surface area contributed by atoms with Gasteiger partial charge in [-0.1, -0.05) is 17.7 Å². The lowest BCUT2D eigenvalue weighted by Crippen LogP contribution is -2.12. The van der Waals surface area contributed by atoms with Crippen LogP contribution in [0.5, 0.6) is 0 Å². The quantitative estimate of drug-likeness (QED) is 0.541. The number of hydrogen-bond acceptors (Lipinski definition) is 6. The van der Waals surface area contributed by atoms with Crippen LogP contribution >= 0.6 is 34.9 Å². The maximum absolute atomic E-state index is 12.0. The molecule has 0 bridgehead atoms. The number of carbonyl (C=O) groups excluding carboxylic acids is 1. The Balaban J connectivity index is 1.72. The van der Waals surface area contributed by atoms with Crippen molar-refractivity contribution in [1.29, 1.82) is 0 Å². The van der Waals surface area contributed by atoms with Crippen LogP contribution in [-0.2, 0) is 4.79 Å². The number of aromatic nitrogens is 1. The van der Waals surface area contributed by atoms with Crippen LogP contribution in [0.25, 0.3) is 20.8 Å². The number of hydrogen-bond donors (Lipinski definition) is 3. The molecule has 0 unspecified atom stereocenters. The number of fused-ring (bicyclic) bond motifs is 1. The minimum absolute atomic E-state index is 0.0173. The van der Waals surface area contributed by atoms with Gasteiger partial charge in [-0.2, -0.15) is 0 Å². The molecule has 8 heteroatoms. The number of thiazole rings is 1. The maximum Gasteiger partial charge on any atom is 0.229 e. The number of rotatable bonds is 5. The normalized spacial score (nSPS) is 12.1. The van der Waals surface area contributed by atoms with E-state index in [1.807, 2.05) is 30.3 Å². The van der Waals surface area contributed by atoms with Crippen molar-refractivity contribution in [3.8, 4) is 10.6 Å². The van der Waals surface area contributed by atoms with Crippen molar-refractivity contribution < 1.29 is 4.79 Å². The molecule has 0 fully saturated rings. The maximum atomic E-state index is 12.0. The third-order valence-electron chi connectivity index (χ3n) is 3.67. The number of carbonyl (C=O) groups is 1. The van der Waals surface area contributed by atoms with Crippen LogP contribution in [0, 0.1) is 6.92 Å². The van der Waals surface area contributed by atoms with Gasteiger partial charge >= 0.3 is 0 Å². The monoisotopic (exact) mass is 404 g/mol. The molecule has 0 radical (unpaired) electrons. The van der Waals surface area contributed by atoms with E-state index in [1.165, 1.54) is 5.56 Å². The highest BCUT2D eigenvalue weighted by atomic mass is 35.5. The lowest BCUT2D eigenvalue weighted by atomic mass is 10.2. The van der Waals surface area contributed by atoms with Gasteiger partial charge in [0.15, 0.2) is 0 Å². The van der Waals surface area contributed by atoms with E-state index in [4.69, 9.17) is 22.5 Å². The number of nitrogens with one attached hydrogen (secondary N) is 1. The fraction of sp³-hybridized carbons (Fsp3) is 0.111. The summed E-state index contributed by atoms with van der Waals surface area (Å²) in [5, 5.41) is 9.52. The summed E-state index contributed by atoms with van der Waals surface area (Å²) in [7, 11) is 0. The van der Waals surface area contributed by atoms with E-state index < -0.39 is 0 Å². The molecule has 1 amide bonds. The first-order valence-corrected chi connectivity index (χ1v) is 9.82. The Morgan fingerprint density at radius 1 is 1.27 bits per heavy atom. The highest BCUT2D eigenvalue weighted by Crippen LogP contribution is 2.31. The van der Waals surface area contributed by atoms with Crippen molar-refractivity contribution >= 4 is 56.7 Å². The lowest BCUT2D eigenvalue weighted by molar-refractivity contribution is -0.115. The Morgan fingerprint density at radius 3 is 2.69 bits per heavy atom. The topological polar surface area (TPSA) is 94.0 Å². The number of halogens is 1. The van der Waals surface area contributed by atoms with Gasteiger partial charge in [0.05, 0.1) is 26.7 Å². The number of nitrogens with zero attached hydrogens (tertiary/aromatic N) is 1. The van der Waals surface area contributed by atoms with E-state index in [2.05, 4.69) is 29.4 Å². The Bertz CT molecular complexity index is 983. The van der Waals surface area contributed by atoms with E-state index in [0.29, 0.717) is 5.69 Å². The molecule has 134 valence electrons. The number of benzene rings is 2. The molecule has 0 aliphatic rings. The van der Waals surface area contributed by atoms with Gasteiger partial charge in [0.2, 0.25) is 5.91 Å². The summed E-state index contributed by atoms with van der Waals surface area (Å²) in [6.45, 7) is 2.07. The molecular formula is C18H17ClN4OS2. The molecule has 26 heavy (non-hydrogen) atoms. The number of anilines is 1. The standard InChI is InChI=1S/C18H17ClN4OS2/c1-10-2-7-14-15(8-10)25-18(23-14)11-3-5-12(6-4-11)22-16(24)9-13(19)17(20)26-21/h2-8H,9,20-21H2,1H3,(H,22,24)/b17-13+. The van der Waals surface area contributed by atoms with Crippen molar-refractivity contribution in [2.75, 3.05) is 5.32 Å². The van der Waals surface area contributed by atoms with Gasteiger partial charge in [-0.05, 0) is 60.8 Å². The van der Waals surface area contributed by atoms with Crippen molar-refractivity contribution in [2.24, 2.45) is 10.9 Å². The molecule has 1 heterocycles. The molecule has 0 saturated carbocycles. The molecular weight excluding hydrogens is 388 g/mol. The van der Waals surface area contributed by atoms with E-state index in [-0.39, 0.29) is 22.4 Å². The number of aryl methyl sites for hydroxylation is 1. The number of amides is 1. The third kappa shape index (κ3) is 4.37. The van der Waals surface area contributed by atoms with Gasteiger partial charge in [0.1, 0.15) is 5.01 Å². The van der Waals surface area contributed by atoms with Crippen LogP contribution in [0.3, 0.4) is 0 Å². The van der Waals surface area contributed by atoms with Crippen LogP contribution < -0.4 is 16.2 Å². The Hall–Kier alpha value is -2.06. The zero-order valence-electron chi connectivity index (χ0n) is 14.0. The Kier molecular flexibility index (Phi) is 5.83. The smallest absolute Gasteiger partial charge is 0.229 e. The first kappa shape index (κ1) is 18.7. The zero-order chi connectivity index (χ0) is 18.7. The summed E-state index contributed by atoms with van der Waals surface area (Å²) in [6, 6.07) is 13.8. The van der Waals surface area contributed by atoms with E-state index in [0.717, 1.165) is 32.7 Å². The SMILES string of the molecule is Cc1ccc2nc(-c3ccc(NC(=O)C/C(Cl)=C(/N)SN)cc3)sc2c1. The minimum atomic E-state index is -0.254. The summed E-state index contributed by atoms with van der Waals surface area (Å²) in [4.78, 5) is 16.7. The molecule has 0 saturated heterocycles. The second kappa shape index (κ2) is 8.09. The zero-order valence-corrected chi connectivity index (χ0v) is 16.3. The predicted octanol–water partition coefficient (Wildman–Crippen LogP) is 4.57. The van der Waals surface area contributed by atoms with Crippen LogP contribution in [-0.4, -0.2) is 10.9 Å². The molecule has 0 aliphatic carbocycles. The van der Waals surface area contributed by atoms with Crippen molar-refractivity contribution in [3.63, 3.8) is 0 Å². The largest absolute Gasteiger partial charge is 0.392 e. The van der Waals surface area contributed by atoms with Crippen molar-refractivity contribution in [1.82, 2.24) is 4.98 Å². The summed E-state index contributed by atoms with van der Waals surface area (Å²) in [5.41, 5.74) is 9.47. The van der Waals surface area contributed by atoms with Gasteiger partial charge in [0.25, 0.3) is 0 Å². The molecule has 0 atom stereocenters. The highest BCUT2D eigenvalue weighted by Gasteiger charge is 2.10. The fourth-order valence-corrected chi connectivity index (χ4v) is 3.87. The van der Waals surface area contributed by atoms with Gasteiger partial charge in [-0.15, -0.1) is 11.3 Å². The van der Waals surface area contributed by atoms with Crippen LogP contribution in [0.2, 0.25) is 0 Å². The second-order valence-corrected chi connectivity index (χ2v) is 7.84. The summed E-state index contributed by atoms with van der Waals surface area (Å²) in [5.74, 6) is -0.254. The predicted molar refractivity (Wildman–Crippen MR) is 112 cm³/mol. The van der Waals surface area contributed by atoms with Crippen molar-refractivity contribution in [3.05, 3.63) is 58.1 Å². The highest BCUT2D eigenvalue weighted by molar-refractivity contribution is 8.00. The molecule has 0 spiro atoms. The lowest BCUT2D eigenvalue weighted by Gasteiger charge is -2.06. The van der Waals surface area contributed by atoms with E-state index >= 15 is 0 Å². The van der Waals surface area contributed by atoms with Gasteiger partial charge in [0, 0.05) is 11.3 Å². The average Bonchev–Trinajstić information content (AvgIpc) is 3.04. The first-order valence-electron chi connectivity index (χ1n) is 7.74. The molecule has 3 rings (SSSR count). The Morgan fingerprint density at radius 2 is 2.00 bits per heavy atom. The van der Waals surface area contributed by atoms with Gasteiger partial charge < -0.3 is 11.1 Å². The third-order valence-corrected chi connectivity index (χ3v) is 5.69. The van der Waals surface area contributed by atoms with Crippen LogP contribution in [0.4, 0.5) is 5.69 Å². The molecule has 5 N–H and O–H groups in total. The second-order valence-electron chi connectivity index (χ2n) is 5.68. The molecule has 3 aromatic rings. The van der Waals surface area contributed by atoms with Crippen molar-refractivity contribution in [2.45, 2.75) is 13.3 Å². The summed E-state index contributed by atoms with van der Waals surface area (Å²) < 4.78 is 1.16. The van der Waals surface area contributed by atoms with Gasteiger partial charge in [-0.25, -0.2) is 4.98 Å². The van der Waals surface area contributed by atoms with Crippen LogP contribution in [0.1, 0.15) is 12.0 Å². The first-order chi connectivity index (χ1) is 12.5. The molecule has 0 aliphatic heterocycles. The molecule has 2 aromatic carbocycles. The Labute approximate surface area is 164 Å². The number of nitrogens with two attached hydrogens (primary N) is 2. The molecule has 5 nitrogen and oxygen atoms in total. The van der Waals surface area contributed by atoms with E-state index in [9.17, 15) is 4.79 Å². The average molecular weight is 405 g/mol.